The lowest BCUT2D eigenvalue weighted by molar-refractivity contribution is 0.636. The fourth-order valence-corrected chi connectivity index (χ4v) is 3.57. The molecular weight excluding hydrogens is 324 g/mol. The fraction of sp³-hybridized carbons (Fsp3) is 0.353. The van der Waals surface area contributed by atoms with Crippen LogP contribution < -0.4 is 11.2 Å². The van der Waals surface area contributed by atoms with Gasteiger partial charge in [0.15, 0.2) is 16.3 Å². The van der Waals surface area contributed by atoms with Gasteiger partial charge in [0.1, 0.15) is 0 Å². The third kappa shape index (κ3) is 3.03. The third-order valence-corrected chi connectivity index (χ3v) is 4.96. The molecule has 126 valence electrons. The number of hydrogen-bond acceptors (Lipinski definition) is 4. The maximum Gasteiger partial charge on any atom is 0.329 e. The second kappa shape index (κ2) is 6.68. The lowest BCUT2D eigenvalue weighted by atomic mass is 10.2. The molecule has 0 fully saturated rings. The molecule has 6 nitrogen and oxygen atoms in total. The molecule has 0 unspecified atom stereocenters. The maximum absolute atomic E-state index is 12.2. The van der Waals surface area contributed by atoms with Gasteiger partial charge in [-0.1, -0.05) is 48.5 Å². The van der Waals surface area contributed by atoms with Crippen molar-refractivity contribution in [3.8, 4) is 0 Å². The van der Waals surface area contributed by atoms with Gasteiger partial charge in [-0.2, -0.15) is 0 Å². The van der Waals surface area contributed by atoms with Crippen molar-refractivity contribution in [2.24, 2.45) is 7.05 Å². The third-order valence-electron chi connectivity index (χ3n) is 3.91. The van der Waals surface area contributed by atoms with Gasteiger partial charge in [-0.05, 0) is 18.9 Å². The average Bonchev–Trinajstić information content (AvgIpc) is 2.92. The highest BCUT2D eigenvalue weighted by atomic mass is 32.2. The number of nitrogens with zero attached hydrogens (tertiary/aromatic N) is 3. The Labute approximate surface area is 143 Å². The maximum atomic E-state index is 12.2. The average molecular weight is 344 g/mol. The monoisotopic (exact) mass is 344 g/mol. The van der Waals surface area contributed by atoms with Crippen molar-refractivity contribution < 1.29 is 0 Å². The van der Waals surface area contributed by atoms with E-state index in [0.29, 0.717) is 17.7 Å². The quantitative estimate of drug-likeness (QED) is 0.722. The number of aryl methyl sites for hydroxylation is 3. The Morgan fingerprint density at radius 3 is 2.58 bits per heavy atom. The van der Waals surface area contributed by atoms with E-state index < -0.39 is 5.69 Å². The van der Waals surface area contributed by atoms with Gasteiger partial charge in [0.2, 0.25) is 0 Å². The minimum Gasteiger partial charge on any atom is -0.313 e. The van der Waals surface area contributed by atoms with Gasteiger partial charge in [0.05, 0.1) is 0 Å². The number of fused-ring (bicyclic) bond motifs is 1. The fourth-order valence-electron chi connectivity index (χ4n) is 2.59. The molecule has 2 heterocycles. The molecule has 0 bridgehead atoms. The zero-order valence-electron chi connectivity index (χ0n) is 14.0. The van der Waals surface area contributed by atoms with Crippen molar-refractivity contribution in [2.45, 2.75) is 37.7 Å². The van der Waals surface area contributed by atoms with E-state index in [1.807, 2.05) is 4.57 Å². The molecule has 0 saturated heterocycles. The van der Waals surface area contributed by atoms with Crippen LogP contribution in [0.15, 0.2) is 39.0 Å². The first-order valence-corrected chi connectivity index (χ1v) is 8.87. The smallest absolute Gasteiger partial charge is 0.313 e. The number of aromatic nitrogens is 4. The molecule has 0 aliphatic heterocycles. The minimum atomic E-state index is -0.441. The van der Waals surface area contributed by atoms with Crippen LogP contribution in [0, 0.1) is 6.92 Å². The lowest BCUT2D eigenvalue weighted by Gasteiger charge is -2.07. The van der Waals surface area contributed by atoms with Crippen molar-refractivity contribution in [3.05, 3.63) is 56.2 Å². The largest absolute Gasteiger partial charge is 0.329 e. The molecule has 0 spiro atoms. The van der Waals surface area contributed by atoms with E-state index in [0.717, 1.165) is 17.3 Å². The Morgan fingerprint density at radius 1 is 1.21 bits per heavy atom. The molecule has 3 aromatic rings. The Bertz CT molecular complexity index is 983. The van der Waals surface area contributed by atoms with Crippen LogP contribution in [0.2, 0.25) is 0 Å². The molecule has 1 N–H and O–H groups in total. The van der Waals surface area contributed by atoms with Gasteiger partial charge in [-0.25, -0.2) is 9.78 Å². The molecule has 2 aromatic heterocycles. The highest BCUT2D eigenvalue weighted by molar-refractivity contribution is 7.98. The summed E-state index contributed by atoms with van der Waals surface area (Å²) in [5.74, 6) is 0.763. The van der Waals surface area contributed by atoms with Crippen LogP contribution in [0.25, 0.3) is 11.2 Å². The minimum absolute atomic E-state index is 0.378. The predicted molar refractivity (Wildman–Crippen MR) is 96.6 cm³/mol. The molecule has 1 aromatic carbocycles. The van der Waals surface area contributed by atoms with E-state index in [2.05, 4.69) is 48.1 Å². The number of thioether (sulfide) groups is 1. The lowest BCUT2D eigenvalue weighted by Crippen LogP contribution is -2.29. The summed E-state index contributed by atoms with van der Waals surface area (Å²) in [6, 6.07) is 8.36. The molecule has 0 amide bonds. The van der Waals surface area contributed by atoms with E-state index in [1.54, 1.807) is 18.8 Å². The molecule has 0 aliphatic rings. The molecule has 3 rings (SSSR count). The van der Waals surface area contributed by atoms with Crippen LogP contribution in [-0.4, -0.2) is 19.1 Å². The molecule has 24 heavy (non-hydrogen) atoms. The Morgan fingerprint density at radius 2 is 1.92 bits per heavy atom. The van der Waals surface area contributed by atoms with Crippen LogP contribution in [0.3, 0.4) is 0 Å². The van der Waals surface area contributed by atoms with Gasteiger partial charge < -0.3 is 4.57 Å². The normalized spacial score (nSPS) is 11.3. The van der Waals surface area contributed by atoms with Gasteiger partial charge >= 0.3 is 5.69 Å². The number of hydrogen-bond donors (Lipinski definition) is 1. The first-order valence-electron chi connectivity index (χ1n) is 7.89. The molecule has 0 aliphatic carbocycles. The first kappa shape index (κ1) is 16.6. The highest BCUT2D eigenvalue weighted by Crippen LogP contribution is 2.25. The number of H-pyrrole nitrogens is 1. The van der Waals surface area contributed by atoms with E-state index in [1.165, 1.54) is 15.7 Å². The number of rotatable bonds is 5. The van der Waals surface area contributed by atoms with Gasteiger partial charge in [-0.15, -0.1) is 0 Å². The van der Waals surface area contributed by atoms with Crippen molar-refractivity contribution >= 4 is 22.9 Å². The SMILES string of the molecule is CCCn1c(SCc2ccc(C)cc2)nc2c1c(=O)[nH]c(=O)n2C. The van der Waals surface area contributed by atoms with Crippen LogP contribution in [0.4, 0.5) is 0 Å². The Hall–Kier alpha value is -2.28. The van der Waals surface area contributed by atoms with Crippen LogP contribution in [0.1, 0.15) is 24.5 Å². The van der Waals surface area contributed by atoms with E-state index in [-0.39, 0.29) is 5.56 Å². The van der Waals surface area contributed by atoms with Crippen molar-refractivity contribution in [2.75, 3.05) is 0 Å². The second-order valence-corrected chi connectivity index (χ2v) is 6.75. The van der Waals surface area contributed by atoms with Crippen LogP contribution in [-0.2, 0) is 19.3 Å². The summed E-state index contributed by atoms with van der Waals surface area (Å²) >= 11 is 1.58. The van der Waals surface area contributed by atoms with Gasteiger partial charge in [0, 0.05) is 19.3 Å². The number of aromatic amines is 1. The zero-order valence-corrected chi connectivity index (χ0v) is 14.8. The molecule has 0 atom stereocenters. The first-order chi connectivity index (χ1) is 11.5. The highest BCUT2D eigenvalue weighted by Gasteiger charge is 2.17. The molecule has 7 heteroatoms. The topological polar surface area (TPSA) is 72.7 Å². The number of nitrogens with one attached hydrogen (secondary N) is 1. The standard InChI is InChI=1S/C17H20N4O2S/c1-4-9-21-13-14(20(3)16(23)19-15(13)22)18-17(21)24-10-12-7-5-11(2)6-8-12/h5-8H,4,9-10H2,1-3H3,(H,19,22,23). The van der Waals surface area contributed by atoms with Gasteiger partial charge in [0.25, 0.3) is 5.56 Å². The molecular formula is C17H20N4O2S. The summed E-state index contributed by atoms with van der Waals surface area (Å²) in [4.78, 5) is 30.9. The number of benzene rings is 1. The van der Waals surface area contributed by atoms with Crippen LogP contribution >= 0.6 is 11.8 Å². The van der Waals surface area contributed by atoms with Gasteiger partial charge in [-0.3, -0.25) is 14.3 Å². The summed E-state index contributed by atoms with van der Waals surface area (Å²) in [5, 5.41) is 0.763. The molecule has 0 radical (unpaired) electrons. The van der Waals surface area contributed by atoms with E-state index in [4.69, 9.17) is 0 Å². The van der Waals surface area contributed by atoms with Crippen molar-refractivity contribution in [3.63, 3.8) is 0 Å². The molecule has 0 saturated carbocycles. The zero-order chi connectivity index (χ0) is 17.3. The summed E-state index contributed by atoms with van der Waals surface area (Å²) < 4.78 is 3.30. The Balaban J connectivity index is 2.03. The summed E-state index contributed by atoms with van der Waals surface area (Å²) in [7, 11) is 1.62. The summed E-state index contributed by atoms with van der Waals surface area (Å²) in [6.07, 6.45) is 0.881. The van der Waals surface area contributed by atoms with E-state index in [9.17, 15) is 9.59 Å². The van der Waals surface area contributed by atoms with Crippen molar-refractivity contribution in [1.82, 2.24) is 19.1 Å². The summed E-state index contributed by atoms with van der Waals surface area (Å²) in [6.45, 7) is 4.80. The number of imidazole rings is 1. The van der Waals surface area contributed by atoms with E-state index >= 15 is 0 Å². The predicted octanol–water partition coefficient (Wildman–Crippen LogP) is 2.43. The van der Waals surface area contributed by atoms with Crippen molar-refractivity contribution in [1.29, 1.82) is 0 Å². The van der Waals surface area contributed by atoms with Crippen LogP contribution in [0.5, 0.6) is 0 Å². The summed E-state index contributed by atoms with van der Waals surface area (Å²) in [5.41, 5.74) is 2.50. The Kier molecular flexibility index (Phi) is 4.62. The second-order valence-electron chi connectivity index (χ2n) is 5.81.